The van der Waals surface area contributed by atoms with E-state index in [1.54, 1.807) is 13.8 Å². The Morgan fingerprint density at radius 2 is 2.00 bits per heavy atom. The van der Waals surface area contributed by atoms with Crippen molar-refractivity contribution in [1.29, 1.82) is 0 Å². The van der Waals surface area contributed by atoms with E-state index in [1.165, 1.54) is 33.5 Å². The van der Waals surface area contributed by atoms with Crippen LogP contribution in [0.15, 0.2) is 28.0 Å². The average molecular weight is 381 g/mol. The Kier molecular flexibility index (Phi) is 5.76. The number of carboxylic acid groups (broad SMARTS) is 1. The lowest BCUT2D eigenvalue weighted by Crippen LogP contribution is -2.27. The molecule has 1 heterocycles. The number of benzene rings is 1. The standard InChI is InChI=1S/C16H16ClN3O4S/c1-3-19-13(21)11(14(22)20(4-2)16(19)25)8-18-9-5-6-12(17)10(7-9)15(23)24/h5-8,21H,3-4H2,1-2H3,(H,23,24)/p-1. The fraction of sp³-hybridized carbons (Fsp3) is 0.250. The van der Waals surface area contributed by atoms with Crippen LogP contribution in [0.4, 0.5) is 5.69 Å². The molecule has 0 atom stereocenters. The van der Waals surface area contributed by atoms with Crippen molar-refractivity contribution in [3.63, 3.8) is 0 Å². The Bertz CT molecular complexity index is 979. The lowest BCUT2D eigenvalue weighted by molar-refractivity contribution is -0.255. The molecule has 132 valence electrons. The molecule has 0 saturated carbocycles. The first kappa shape index (κ1) is 18.9. The van der Waals surface area contributed by atoms with Gasteiger partial charge < -0.3 is 15.0 Å². The molecule has 0 unspecified atom stereocenters. The Morgan fingerprint density at radius 1 is 1.36 bits per heavy atom. The minimum atomic E-state index is -1.43. The van der Waals surface area contributed by atoms with Crippen molar-refractivity contribution in [1.82, 2.24) is 9.13 Å². The van der Waals surface area contributed by atoms with Crippen LogP contribution in [-0.2, 0) is 13.1 Å². The van der Waals surface area contributed by atoms with Gasteiger partial charge in [0, 0.05) is 29.9 Å². The van der Waals surface area contributed by atoms with Crippen molar-refractivity contribution in [3.05, 3.63) is 49.5 Å². The van der Waals surface area contributed by atoms with E-state index in [1.807, 2.05) is 0 Å². The van der Waals surface area contributed by atoms with Gasteiger partial charge in [0.05, 0.1) is 11.7 Å². The number of aromatic hydroxyl groups is 1. The first-order valence-corrected chi connectivity index (χ1v) is 8.21. The molecule has 0 aliphatic rings. The number of halogens is 1. The summed E-state index contributed by atoms with van der Waals surface area (Å²) < 4.78 is 2.97. The molecule has 2 aromatic rings. The Labute approximate surface area is 153 Å². The second-order valence-electron chi connectivity index (χ2n) is 5.02. The van der Waals surface area contributed by atoms with Crippen molar-refractivity contribution in [3.8, 4) is 5.88 Å². The molecule has 1 N–H and O–H groups in total. The molecule has 1 aromatic heterocycles. The number of hydrogen-bond acceptors (Lipinski definition) is 6. The predicted molar refractivity (Wildman–Crippen MR) is 95.6 cm³/mol. The number of rotatable bonds is 5. The summed E-state index contributed by atoms with van der Waals surface area (Å²) in [6.45, 7) is 4.27. The lowest BCUT2D eigenvalue weighted by atomic mass is 10.2. The van der Waals surface area contributed by atoms with Crippen LogP contribution >= 0.6 is 23.8 Å². The highest BCUT2D eigenvalue weighted by Crippen LogP contribution is 2.22. The van der Waals surface area contributed by atoms with Gasteiger partial charge in [-0.2, -0.15) is 0 Å². The van der Waals surface area contributed by atoms with Gasteiger partial charge in [-0.3, -0.25) is 18.9 Å². The second kappa shape index (κ2) is 7.62. The summed E-state index contributed by atoms with van der Waals surface area (Å²) >= 11 is 11.0. The topological polar surface area (TPSA) is 99.7 Å². The van der Waals surface area contributed by atoms with Crippen molar-refractivity contribution >= 4 is 41.7 Å². The summed E-state index contributed by atoms with van der Waals surface area (Å²) in [5, 5.41) is 21.3. The van der Waals surface area contributed by atoms with Gasteiger partial charge in [-0.25, -0.2) is 0 Å². The number of aromatic nitrogens is 2. The molecule has 25 heavy (non-hydrogen) atoms. The van der Waals surface area contributed by atoms with Gasteiger partial charge in [-0.15, -0.1) is 0 Å². The van der Waals surface area contributed by atoms with E-state index >= 15 is 0 Å². The van der Waals surface area contributed by atoms with Crippen LogP contribution in [-0.4, -0.2) is 26.4 Å². The average Bonchev–Trinajstić information content (AvgIpc) is 2.56. The van der Waals surface area contributed by atoms with Gasteiger partial charge in [-0.1, -0.05) is 11.6 Å². The maximum atomic E-state index is 12.5. The SMILES string of the molecule is CCn1c(O)c(C=Nc2ccc(Cl)c(C(=O)[O-])c2)c(=O)n(CC)c1=S. The molecular weight excluding hydrogens is 366 g/mol. The second-order valence-corrected chi connectivity index (χ2v) is 5.80. The molecular formula is C16H15ClN3O4S-. The normalized spacial score (nSPS) is 11.2. The molecule has 0 spiro atoms. The first-order chi connectivity index (χ1) is 11.8. The zero-order valence-corrected chi connectivity index (χ0v) is 15.1. The number of aromatic carboxylic acids is 1. The van der Waals surface area contributed by atoms with Gasteiger partial charge in [-0.05, 0) is 44.3 Å². The van der Waals surface area contributed by atoms with Crippen molar-refractivity contribution in [2.45, 2.75) is 26.9 Å². The molecule has 9 heteroatoms. The summed E-state index contributed by atoms with van der Waals surface area (Å²) in [4.78, 5) is 27.5. The highest BCUT2D eigenvalue weighted by atomic mass is 35.5. The zero-order chi connectivity index (χ0) is 18.7. The van der Waals surface area contributed by atoms with Gasteiger partial charge in [0.2, 0.25) is 5.88 Å². The number of carboxylic acids is 1. The smallest absolute Gasteiger partial charge is 0.267 e. The van der Waals surface area contributed by atoms with Crippen molar-refractivity contribution in [2.24, 2.45) is 4.99 Å². The number of nitrogens with zero attached hydrogens (tertiary/aromatic N) is 3. The third-order valence-corrected chi connectivity index (χ3v) is 4.35. The maximum Gasteiger partial charge on any atom is 0.267 e. The molecule has 0 aliphatic carbocycles. The summed E-state index contributed by atoms with van der Waals surface area (Å²) in [7, 11) is 0. The van der Waals surface area contributed by atoms with Gasteiger partial charge >= 0.3 is 0 Å². The molecule has 0 bridgehead atoms. The monoisotopic (exact) mass is 380 g/mol. The summed E-state index contributed by atoms with van der Waals surface area (Å²) in [5.74, 6) is -1.72. The molecule has 0 amide bonds. The van der Waals surface area contributed by atoms with E-state index in [4.69, 9.17) is 23.8 Å². The van der Waals surface area contributed by atoms with Gasteiger partial charge in [0.1, 0.15) is 5.56 Å². The Balaban J connectivity index is 2.59. The molecule has 2 rings (SSSR count). The van der Waals surface area contributed by atoms with E-state index in [0.717, 1.165) is 0 Å². The van der Waals surface area contributed by atoms with E-state index in [2.05, 4.69) is 4.99 Å². The van der Waals surface area contributed by atoms with Crippen LogP contribution in [0.2, 0.25) is 5.02 Å². The largest absolute Gasteiger partial charge is 0.545 e. The van der Waals surface area contributed by atoms with Crippen LogP contribution < -0.4 is 10.7 Å². The molecule has 7 nitrogen and oxygen atoms in total. The fourth-order valence-electron chi connectivity index (χ4n) is 2.28. The number of carbonyl (C=O) groups is 1. The maximum absolute atomic E-state index is 12.5. The number of aliphatic imine (C=N–C) groups is 1. The molecule has 1 aromatic carbocycles. The van der Waals surface area contributed by atoms with E-state index in [0.29, 0.717) is 13.1 Å². The quantitative estimate of drug-likeness (QED) is 0.630. The third kappa shape index (κ3) is 3.64. The highest BCUT2D eigenvalue weighted by molar-refractivity contribution is 7.71. The first-order valence-electron chi connectivity index (χ1n) is 7.43. The van der Waals surface area contributed by atoms with Crippen molar-refractivity contribution in [2.75, 3.05) is 0 Å². The Morgan fingerprint density at radius 3 is 2.56 bits per heavy atom. The van der Waals surface area contributed by atoms with Gasteiger partial charge in [0.15, 0.2) is 4.77 Å². The van der Waals surface area contributed by atoms with Crippen LogP contribution in [0.25, 0.3) is 0 Å². The highest BCUT2D eigenvalue weighted by Gasteiger charge is 2.14. The van der Waals surface area contributed by atoms with Crippen LogP contribution in [0.5, 0.6) is 5.88 Å². The molecule has 0 aliphatic heterocycles. The van der Waals surface area contributed by atoms with Crippen LogP contribution in [0.1, 0.15) is 29.8 Å². The van der Waals surface area contributed by atoms with E-state index in [9.17, 15) is 19.8 Å². The summed E-state index contributed by atoms with van der Waals surface area (Å²) in [6.07, 6.45) is 1.17. The molecule has 0 fully saturated rings. The minimum Gasteiger partial charge on any atom is -0.545 e. The number of hydrogen-bond donors (Lipinski definition) is 1. The van der Waals surface area contributed by atoms with E-state index in [-0.39, 0.29) is 32.5 Å². The zero-order valence-electron chi connectivity index (χ0n) is 13.5. The fourth-order valence-corrected chi connectivity index (χ4v) is 2.90. The third-order valence-electron chi connectivity index (χ3n) is 3.58. The minimum absolute atomic E-state index is 0.0226. The van der Waals surface area contributed by atoms with Crippen molar-refractivity contribution < 1.29 is 15.0 Å². The molecule has 0 radical (unpaired) electrons. The summed E-state index contributed by atoms with van der Waals surface area (Å²) in [6, 6.07) is 4.07. The van der Waals surface area contributed by atoms with Crippen LogP contribution in [0.3, 0.4) is 0 Å². The number of carbonyl (C=O) groups excluding carboxylic acids is 1. The predicted octanol–water partition coefficient (Wildman–Crippen LogP) is 1.89. The van der Waals surface area contributed by atoms with E-state index < -0.39 is 11.5 Å². The van der Waals surface area contributed by atoms with Crippen LogP contribution in [0, 0.1) is 4.77 Å². The van der Waals surface area contributed by atoms with Gasteiger partial charge in [0.25, 0.3) is 5.56 Å². The Hall–Kier alpha value is -2.45. The lowest BCUT2D eigenvalue weighted by Gasteiger charge is -2.13. The summed E-state index contributed by atoms with van der Waals surface area (Å²) in [5.41, 5.74) is -0.484. The molecule has 0 saturated heterocycles.